The summed E-state index contributed by atoms with van der Waals surface area (Å²) >= 11 is 0. The van der Waals surface area contributed by atoms with Crippen molar-refractivity contribution in [2.45, 2.75) is 17.9 Å². The molecule has 1 amide bonds. The molecule has 7 nitrogen and oxygen atoms in total. The minimum atomic E-state index is -3.78. The number of rotatable bonds is 6. The Morgan fingerprint density at radius 1 is 1.03 bits per heavy atom. The van der Waals surface area contributed by atoms with Crippen molar-refractivity contribution in [2.24, 2.45) is 0 Å². The Labute approximate surface area is 181 Å². The summed E-state index contributed by atoms with van der Waals surface area (Å²) in [5.41, 5.74) is 0.993. The van der Waals surface area contributed by atoms with Gasteiger partial charge in [0.05, 0.1) is 17.1 Å². The van der Waals surface area contributed by atoms with Gasteiger partial charge in [0, 0.05) is 5.69 Å². The molecule has 0 spiro atoms. The van der Waals surface area contributed by atoms with Crippen LogP contribution in [0.25, 0.3) is 0 Å². The van der Waals surface area contributed by atoms with Crippen LogP contribution in [0.5, 0.6) is 11.5 Å². The maximum Gasteiger partial charge on any atom is 0.264 e. The highest BCUT2D eigenvalue weighted by molar-refractivity contribution is 7.92. The molecule has 1 atom stereocenters. The number of para-hydroxylation sites is 3. The number of amides is 1. The molecule has 8 heteroatoms. The van der Waals surface area contributed by atoms with E-state index in [4.69, 9.17) is 9.47 Å². The lowest BCUT2D eigenvalue weighted by atomic mass is 10.2. The Morgan fingerprint density at radius 3 is 2.45 bits per heavy atom. The minimum Gasteiger partial charge on any atom is -0.487 e. The van der Waals surface area contributed by atoms with Crippen LogP contribution in [0.4, 0.5) is 11.4 Å². The second kappa shape index (κ2) is 8.69. The third-order valence-corrected chi connectivity index (χ3v) is 6.52. The lowest BCUT2D eigenvalue weighted by molar-refractivity contribution is -0.118. The predicted molar refractivity (Wildman–Crippen MR) is 118 cm³/mol. The number of sulfonamides is 1. The topological polar surface area (TPSA) is 84.9 Å². The standard InChI is InChI=1S/C23H22N2O5S/c1-17-15-25(21-9-5-6-10-22(21)30-17)31(27,28)20-13-11-18(12-14-20)24-23(26)16-29-19-7-3-2-4-8-19/h2-14,17H,15-16H2,1H3,(H,24,26)/t17-/m1/s1. The summed E-state index contributed by atoms with van der Waals surface area (Å²) in [5.74, 6) is 0.793. The molecule has 0 fully saturated rings. The molecule has 0 radical (unpaired) electrons. The molecule has 31 heavy (non-hydrogen) atoms. The van der Waals surface area contributed by atoms with Crippen molar-refractivity contribution in [3.8, 4) is 11.5 Å². The fraction of sp³-hybridized carbons (Fsp3) is 0.174. The number of nitrogens with one attached hydrogen (secondary N) is 1. The number of hydrogen-bond acceptors (Lipinski definition) is 5. The van der Waals surface area contributed by atoms with Crippen LogP contribution in [-0.4, -0.2) is 33.6 Å². The van der Waals surface area contributed by atoms with E-state index in [1.54, 1.807) is 48.5 Å². The molecule has 3 aromatic rings. The van der Waals surface area contributed by atoms with Gasteiger partial charge < -0.3 is 14.8 Å². The molecule has 3 aromatic carbocycles. The molecule has 1 aliphatic rings. The molecule has 0 aliphatic carbocycles. The smallest absolute Gasteiger partial charge is 0.264 e. The number of hydrogen-bond donors (Lipinski definition) is 1. The van der Waals surface area contributed by atoms with Crippen LogP contribution in [0.15, 0.2) is 83.8 Å². The van der Waals surface area contributed by atoms with Gasteiger partial charge >= 0.3 is 0 Å². The Morgan fingerprint density at radius 2 is 1.71 bits per heavy atom. The van der Waals surface area contributed by atoms with Crippen LogP contribution < -0.4 is 19.1 Å². The Bertz CT molecular complexity index is 1160. The molecule has 0 bridgehead atoms. The normalized spacial score (nSPS) is 15.5. The van der Waals surface area contributed by atoms with E-state index in [0.717, 1.165) is 0 Å². The Hall–Kier alpha value is -3.52. The van der Waals surface area contributed by atoms with Crippen molar-refractivity contribution in [2.75, 3.05) is 22.8 Å². The summed E-state index contributed by atoms with van der Waals surface area (Å²) in [6.07, 6.45) is -0.271. The zero-order valence-corrected chi connectivity index (χ0v) is 17.7. The highest BCUT2D eigenvalue weighted by Gasteiger charge is 2.32. The molecule has 0 unspecified atom stereocenters. The Balaban J connectivity index is 1.46. The van der Waals surface area contributed by atoms with Gasteiger partial charge in [-0.2, -0.15) is 0 Å². The minimum absolute atomic E-state index is 0.134. The van der Waals surface area contributed by atoms with Gasteiger partial charge in [-0.1, -0.05) is 30.3 Å². The summed E-state index contributed by atoms with van der Waals surface area (Å²) in [6.45, 7) is 1.90. The summed E-state index contributed by atoms with van der Waals surface area (Å²) in [6, 6.07) is 22.2. The molecule has 0 saturated heterocycles. The molecule has 1 heterocycles. The first-order valence-corrected chi connectivity index (χ1v) is 11.2. The van der Waals surface area contributed by atoms with Gasteiger partial charge in [0.1, 0.15) is 17.6 Å². The maximum absolute atomic E-state index is 13.3. The van der Waals surface area contributed by atoms with Crippen LogP contribution in [0.2, 0.25) is 0 Å². The molecule has 0 saturated carbocycles. The number of ether oxygens (including phenoxy) is 2. The van der Waals surface area contributed by atoms with E-state index < -0.39 is 10.0 Å². The second-order valence-corrected chi connectivity index (χ2v) is 8.97. The van der Waals surface area contributed by atoms with Crippen LogP contribution in [0.3, 0.4) is 0 Å². The number of benzene rings is 3. The average molecular weight is 439 g/mol. The van der Waals surface area contributed by atoms with E-state index >= 15 is 0 Å². The quantitative estimate of drug-likeness (QED) is 0.635. The van der Waals surface area contributed by atoms with E-state index in [2.05, 4.69) is 5.32 Å². The number of fused-ring (bicyclic) bond motifs is 1. The third kappa shape index (κ3) is 4.64. The lowest BCUT2D eigenvalue weighted by Crippen LogP contribution is -2.42. The van der Waals surface area contributed by atoms with Crippen LogP contribution in [0.1, 0.15) is 6.92 Å². The fourth-order valence-electron chi connectivity index (χ4n) is 3.28. The molecule has 4 rings (SSSR count). The van der Waals surface area contributed by atoms with Gasteiger partial charge in [0.15, 0.2) is 6.61 Å². The van der Waals surface area contributed by atoms with Crippen molar-refractivity contribution in [1.29, 1.82) is 0 Å². The second-order valence-electron chi connectivity index (χ2n) is 7.11. The Kier molecular flexibility index (Phi) is 5.81. The monoisotopic (exact) mass is 438 g/mol. The number of carbonyl (C=O) groups excluding carboxylic acids is 1. The highest BCUT2D eigenvalue weighted by atomic mass is 32.2. The van der Waals surface area contributed by atoms with Crippen molar-refractivity contribution in [1.82, 2.24) is 0 Å². The zero-order chi connectivity index (χ0) is 21.8. The number of carbonyl (C=O) groups is 1. The summed E-state index contributed by atoms with van der Waals surface area (Å²) in [5, 5.41) is 2.70. The van der Waals surface area contributed by atoms with Crippen molar-refractivity contribution in [3.63, 3.8) is 0 Å². The van der Waals surface area contributed by atoms with Gasteiger partial charge in [0.2, 0.25) is 0 Å². The zero-order valence-electron chi connectivity index (χ0n) is 16.9. The highest BCUT2D eigenvalue weighted by Crippen LogP contribution is 2.36. The van der Waals surface area contributed by atoms with E-state index in [1.807, 2.05) is 25.1 Å². The SMILES string of the molecule is C[C@@H]1CN(S(=O)(=O)c2ccc(NC(=O)COc3ccccc3)cc2)c2ccccc2O1. The fourth-order valence-corrected chi connectivity index (χ4v) is 4.83. The van der Waals surface area contributed by atoms with Gasteiger partial charge in [0.25, 0.3) is 15.9 Å². The van der Waals surface area contributed by atoms with E-state index in [9.17, 15) is 13.2 Å². The van der Waals surface area contributed by atoms with Crippen molar-refractivity contribution < 1.29 is 22.7 Å². The van der Waals surface area contributed by atoms with Crippen molar-refractivity contribution >= 4 is 27.3 Å². The number of anilines is 2. The molecule has 160 valence electrons. The average Bonchev–Trinajstić information content (AvgIpc) is 2.78. The molecule has 1 N–H and O–H groups in total. The van der Waals surface area contributed by atoms with E-state index in [1.165, 1.54) is 16.4 Å². The molecular formula is C23H22N2O5S. The first-order valence-electron chi connectivity index (χ1n) is 9.80. The molecular weight excluding hydrogens is 416 g/mol. The maximum atomic E-state index is 13.3. The third-order valence-electron chi connectivity index (χ3n) is 4.72. The van der Waals surface area contributed by atoms with Crippen molar-refractivity contribution in [3.05, 3.63) is 78.9 Å². The van der Waals surface area contributed by atoms with E-state index in [-0.39, 0.29) is 30.1 Å². The summed E-state index contributed by atoms with van der Waals surface area (Å²) in [7, 11) is -3.78. The van der Waals surface area contributed by atoms with Gasteiger partial charge in [-0.15, -0.1) is 0 Å². The van der Waals surface area contributed by atoms with Gasteiger partial charge in [-0.3, -0.25) is 9.10 Å². The van der Waals surface area contributed by atoms with Gasteiger partial charge in [-0.25, -0.2) is 8.42 Å². The largest absolute Gasteiger partial charge is 0.487 e. The van der Waals surface area contributed by atoms with Crippen LogP contribution >= 0.6 is 0 Å². The van der Waals surface area contributed by atoms with E-state index in [0.29, 0.717) is 22.9 Å². The van der Waals surface area contributed by atoms with Crippen LogP contribution in [0, 0.1) is 0 Å². The summed E-state index contributed by atoms with van der Waals surface area (Å²) in [4.78, 5) is 12.2. The first-order chi connectivity index (χ1) is 14.9. The van der Waals surface area contributed by atoms with Crippen LogP contribution in [-0.2, 0) is 14.8 Å². The summed E-state index contributed by atoms with van der Waals surface area (Å²) < 4.78 is 39.0. The lowest BCUT2D eigenvalue weighted by Gasteiger charge is -2.34. The van der Waals surface area contributed by atoms with Gasteiger partial charge in [-0.05, 0) is 55.5 Å². The predicted octanol–water partition coefficient (Wildman–Crippen LogP) is 3.68. The molecule has 0 aromatic heterocycles. The molecule has 1 aliphatic heterocycles. The number of nitrogens with zero attached hydrogens (tertiary/aromatic N) is 1. The first kappa shape index (κ1) is 20.7.